The second-order valence-corrected chi connectivity index (χ2v) is 4.41. The van der Waals surface area contributed by atoms with Gasteiger partial charge in [-0.25, -0.2) is 4.98 Å². The average molecular weight is 223 g/mol. The summed E-state index contributed by atoms with van der Waals surface area (Å²) >= 11 is 0. The van der Waals surface area contributed by atoms with Crippen molar-refractivity contribution in [3.63, 3.8) is 0 Å². The molecule has 0 aliphatic rings. The highest BCUT2D eigenvalue weighted by molar-refractivity contribution is 5.26. The Morgan fingerprint density at radius 1 is 1.38 bits per heavy atom. The lowest BCUT2D eigenvalue weighted by Crippen LogP contribution is -2.16. The van der Waals surface area contributed by atoms with Crippen LogP contribution in [0, 0.1) is 6.92 Å². The third kappa shape index (κ3) is 3.81. The average Bonchev–Trinajstić information content (AvgIpc) is 2.25. The normalized spacial score (nSPS) is 12.9. The number of ether oxygens (including phenoxy) is 1. The van der Waals surface area contributed by atoms with E-state index in [4.69, 9.17) is 4.74 Å². The van der Waals surface area contributed by atoms with Crippen molar-refractivity contribution in [2.24, 2.45) is 0 Å². The fraction of sp³-hybridized carbons (Fsp3) is 0.615. The number of aryl methyl sites for hydroxylation is 1. The van der Waals surface area contributed by atoms with E-state index in [1.165, 1.54) is 5.56 Å². The minimum absolute atomic E-state index is 0.310. The van der Waals surface area contributed by atoms with Gasteiger partial charge in [0.2, 0.25) is 5.88 Å². The first-order chi connectivity index (χ1) is 7.52. The fourth-order valence-electron chi connectivity index (χ4n) is 1.37. The second-order valence-electron chi connectivity index (χ2n) is 4.41. The van der Waals surface area contributed by atoms with Crippen molar-refractivity contribution >= 4 is 0 Å². The highest BCUT2D eigenvalue weighted by Gasteiger charge is 2.07. The van der Waals surface area contributed by atoms with Gasteiger partial charge in [-0.2, -0.15) is 0 Å². The Balaban J connectivity index is 2.72. The summed E-state index contributed by atoms with van der Waals surface area (Å²) in [5.74, 6) is 1.07. The summed E-state index contributed by atoms with van der Waals surface area (Å²) in [7, 11) is 0. The minimum Gasteiger partial charge on any atom is -0.475 e. The van der Waals surface area contributed by atoms with Crippen LogP contribution in [0.4, 0.5) is 0 Å². The molecule has 1 aromatic heterocycles. The second kappa shape index (κ2) is 5.85. The lowest BCUT2D eigenvalue weighted by molar-refractivity contribution is 0.102. The maximum Gasteiger partial charge on any atom is 0.213 e. The Labute approximate surface area is 97.5 Å². The molecular weight excluding hydrogens is 202 g/mol. The Kier molecular flexibility index (Phi) is 4.74. The van der Waals surface area contributed by atoms with E-state index >= 15 is 0 Å². The van der Waals surface area contributed by atoms with Crippen molar-refractivity contribution in [1.82, 2.24) is 4.98 Å². The summed E-state index contributed by atoms with van der Waals surface area (Å²) in [6.07, 6.45) is 0.285. The van der Waals surface area contributed by atoms with Gasteiger partial charge in [0.25, 0.3) is 0 Å². The Hall–Kier alpha value is -1.09. The molecule has 1 unspecified atom stereocenters. The molecule has 0 aliphatic carbocycles. The van der Waals surface area contributed by atoms with Gasteiger partial charge in [0.1, 0.15) is 6.61 Å². The number of hydrogen-bond acceptors (Lipinski definition) is 3. The van der Waals surface area contributed by atoms with Crippen LogP contribution in [-0.2, 0) is 0 Å². The molecule has 0 amide bonds. The molecule has 0 aromatic carbocycles. The molecule has 90 valence electrons. The van der Waals surface area contributed by atoms with Crippen LogP contribution in [0.1, 0.15) is 44.4 Å². The van der Waals surface area contributed by atoms with Crippen molar-refractivity contribution in [3.8, 4) is 5.88 Å². The molecule has 1 heterocycles. The Morgan fingerprint density at radius 2 is 2.06 bits per heavy atom. The van der Waals surface area contributed by atoms with Crippen molar-refractivity contribution in [3.05, 3.63) is 23.4 Å². The smallest absolute Gasteiger partial charge is 0.213 e. The lowest BCUT2D eigenvalue weighted by Gasteiger charge is -2.12. The predicted octanol–water partition coefficient (Wildman–Crippen LogP) is 2.66. The lowest BCUT2D eigenvalue weighted by atomic mass is 10.0. The maximum atomic E-state index is 9.41. The van der Waals surface area contributed by atoms with Crippen LogP contribution in [0.2, 0.25) is 0 Å². The van der Waals surface area contributed by atoms with Gasteiger partial charge >= 0.3 is 0 Å². The fourth-order valence-corrected chi connectivity index (χ4v) is 1.37. The largest absolute Gasteiger partial charge is 0.475 e. The van der Waals surface area contributed by atoms with Gasteiger partial charge in [0, 0.05) is 11.8 Å². The number of aliphatic hydroxyl groups excluding tert-OH is 1. The van der Waals surface area contributed by atoms with Crippen LogP contribution in [0.15, 0.2) is 12.1 Å². The van der Waals surface area contributed by atoms with Crippen LogP contribution < -0.4 is 4.74 Å². The van der Waals surface area contributed by atoms with E-state index in [0.29, 0.717) is 24.8 Å². The van der Waals surface area contributed by atoms with E-state index in [-0.39, 0.29) is 0 Å². The molecule has 3 heteroatoms. The molecule has 1 rings (SSSR count). The first-order valence-corrected chi connectivity index (χ1v) is 5.82. The maximum absolute atomic E-state index is 9.41. The highest BCUT2D eigenvalue weighted by Crippen LogP contribution is 2.20. The van der Waals surface area contributed by atoms with Crippen molar-refractivity contribution in [1.29, 1.82) is 0 Å². The quantitative estimate of drug-likeness (QED) is 0.834. The van der Waals surface area contributed by atoms with Gasteiger partial charge in [0.15, 0.2) is 0 Å². The van der Waals surface area contributed by atoms with Gasteiger partial charge in [-0.3, -0.25) is 0 Å². The molecule has 0 bridgehead atoms. The first-order valence-electron chi connectivity index (χ1n) is 5.82. The van der Waals surface area contributed by atoms with Gasteiger partial charge in [-0.1, -0.05) is 20.8 Å². The van der Waals surface area contributed by atoms with Crippen molar-refractivity contribution < 1.29 is 9.84 Å². The molecule has 0 saturated heterocycles. The molecule has 0 aliphatic heterocycles. The van der Waals surface area contributed by atoms with E-state index in [0.717, 1.165) is 5.69 Å². The van der Waals surface area contributed by atoms with Gasteiger partial charge in [-0.15, -0.1) is 0 Å². The van der Waals surface area contributed by atoms with E-state index in [1.807, 2.05) is 19.9 Å². The summed E-state index contributed by atoms with van der Waals surface area (Å²) in [4.78, 5) is 4.29. The summed E-state index contributed by atoms with van der Waals surface area (Å²) < 4.78 is 5.47. The molecule has 0 fully saturated rings. The number of hydrogen-bond donors (Lipinski definition) is 1. The van der Waals surface area contributed by atoms with Crippen LogP contribution in [0.5, 0.6) is 5.88 Å². The topological polar surface area (TPSA) is 42.4 Å². The third-order valence-corrected chi connectivity index (χ3v) is 2.51. The summed E-state index contributed by atoms with van der Waals surface area (Å²) in [5.41, 5.74) is 2.17. The van der Waals surface area contributed by atoms with E-state index in [2.05, 4.69) is 24.9 Å². The molecule has 0 spiro atoms. The monoisotopic (exact) mass is 223 g/mol. The minimum atomic E-state index is -0.412. The summed E-state index contributed by atoms with van der Waals surface area (Å²) in [5, 5.41) is 9.41. The molecular formula is C13H21NO2. The zero-order valence-corrected chi connectivity index (χ0v) is 10.5. The summed E-state index contributed by atoms with van der Waals surface area (Å²) in [6, 6.07) is 4.01. The number of nitrogens with zero attached hydrogens (tertiary/aromatic N) is 1. The highest BCUT2D eigenvalue weighted by atomic mass is 16.5. The zero-order valence-electron chi connectivity index (χ0n) is 10.5. The van der Waals surface area contributed by atoms with Gasteiger partial charge in [0.05, 0.1) is 6.10 Å². The van der Waals surface area contributed by atoms with Crippen molar-refractivity contribution in [2.45, 2.75) is 46.1 Å². The number of aliphatic hydroxyl groups is 1. The van der Waals surface area contributed by atoms with Crippen molar-refractivity contribution in [2.75, 3.05) is 6.61 Å². The molecule has 0 saturated carbocycles. The third-order valence-electron chi connectivity index (χ3n) is 2.51. The number of aromatic nitrogens is 1. The van der Waals surface area contributed by atoms with Crippen LogP contribution >= 0.6 is 0 Å². The Morgan fingerprint density at radius 3 is 2.62 bits per heavy atom. The number of rotatable bonds is 5. The van der Waals surface area contributed by atoms with E-state index < -0.39 is 6.10 Å². The first kappa shape index (κ1) is 13.0. The Bertz CT molecular complexity index is 337. The van der Waals surface area contributed by atoms with Gasteiger partial charge in [-0.05, 0) is 30.9 Å². The standard InChI is InChI=1S/C13H21NO2/c1-5-12(15)8-16-13-7-11(9(2)3)6-10(4)14-13/h6-7,9,12,15H,5,8H2,1-4H3. The summed E-state index contributed by atoms with van der Waals surface area (Å²) in [6.45, 7) is 8.47. The molecule has 1 atom stereocenters. The molecule has 0 radical (unpaired) electrons. The van der Waals surface area contributed by atoms with E-state index in [1.54, 1.807) is 0 Å². The van der Waals surface area contributed by atoms with Gasteiger partial charge < -0.3 is 9.84 Å². The molecule has 16 heavy (non-hydrogen) atoms. The van der Waals surface area contributed by atoms with Crippen LogP contribution in [-0.4, -0.2) is 22.8 Å². The molecule has 3 nitrogen and oxygen atoms in total. The SMILES string of the molecule is CCC(O)COc1cc(C(C)C)cc(C)n1. The van der Waals surface area contributed by atoms with E-state index in [9.17, 15) is 5.11 Å². The van der Waals surface area contributed by atoms with Crippen LogP contribution in [0.25, 0.3) is 0 Å². The van der Waals surface area contributed by atoms with Crippen LogP contribution in [0.3, 0.4) is 0 Å². The number of pyridine rings is 1. The molecule has 1 N–H and O–H groups in total. The predicted molar refractivity (Wildman–Crippen MR) is 64.9 cm³/mol. The zero-order chi connectivity index (χ0) is 12.1. The molecule has 1 aromatic rings.